The van der Waals surface area contributed by atoms with Crippen molar-refractivity contribution in [2.75, 3.05) is 13.2 Å². The van der Waals surface area contributed by atoms with Gasteiger partial charge in [0.15, 0.2) is 17.5 Å². The number of hydrogen-bond acceptors (Lipinski definition) is 16. The summed E-state index contributed by atoms with van der Waals surface area (Å²) < 4.78 is 40.8. The summed E-state index contributed by atoms with van der Waals surface area (Å²) in [5.41, 5.74) is -8.91. The largest absolute Gasteiger partial charge is 0.508 e. The van der Waals surface area contributed by atoms with Crippen molar-refractivity contribution < 1.29 is 77.2 Å². The standard InChI is InChI=1S/C46H55Cl2NO16/c1-23-27(61-39(55)34(52)32(25-15-11-9-12-16-25)49-40(56)65-42(3,4)5)20-46(58)37(63-38(54)26-17-13-10-14-18-26)35-44(8,36(53)33(51)31(23)43(46,6)7)28(62-41(57)59-21-30(47)48)19-29-45(35,22-60-29)64-24(2)50/h9-18,27-30,32-35,37,51-52,58H,19-22H2,1-8H3,(H,49,56)/t27-,28-,29+,32-,33+,34+,35-,37-,44+,45-,46+/m0/s1. The topological polar surface area (TPSA) is 240 Å². The number of Topliss-reactive ketones (excluding diaryl/α,β-unsaturated/α-hetero) is 1. The Morgan fingerprint density at radius 2 is 1.57 bits per heavy atom. The SMILES string of the molecule is CC(=O)O[C@@]12CO[C@@H]1C[C@H](OC(=O)OCC(Cl)Cl)[C@@]1(C)C(=O)[C@H](O)C3=C(C)[C@@H](OC(=O)[C@H](O)[C@@H](NC(=O)OC(C)(C)C)c4ccccc4)C[C@@](O)([C@@H](OC(=O)c4ccccc4)[C@H]21)C3(C)C. The molecule has 2 aromatic carbocycles. The van der Waals surface area contributed by atoms with E-state index in [1.807, 2.05) is 0 Å². The Labute approximate surface area is 385 Å². The number of aliphatic hydroxyl groups excluding tert-OH is 2. The summed E-state index contributed by atoms with van der Waals surface area (Å²) in [5, 5.41) is 40.4. The van der Waals surface area contributed by atoms with Crippen molar-refractivity contribution in [3.05, 3.63) is 82.9 Å². The Morgan fingerprint density at radius 3 is 2.12 bits per heavy atom. The van der Waals surface area contributed by atoms with E-state index in [2.05, 4.69) is 5.32 Å². The van der Waals surface area contributed by atoms with Crippen LogP contribution in [-0.2, 0) is 47.5 Å². The fraction of sp³-hybridized carbons (Fsp3) is 0.565. The van der Waals surface area contributed by atoms with E-state index < -0.39 is 130 Å². The lowest BCUT2D eigenvalue weighted by Crippen LogP contribution is -2.82. The van der Waals surface area contributed by atoms with Gasteiger partial charge in [-0.1, -0.05) is 62.4 Å². The van der Waals surface area contributed by atoms with Crippen molar-refractivity contribution in [1.29, 1.82) is 0 Å². The Hall–Kier alpha value is -4.78. The van der Waals surface area contributed by atoms with Crippen LogP contribution in [0.15, 0.2) is 71.8 Å². The average Bonchev–Trinajstić information content (AvgIpc) is 3.22. The summed E-state index contributed by atoms with van der Waals surface area (Å²) in [6.07, 6.45) is -13.6. The molecular formula is C46H55Cl2NO16. The van der Waals surface area contributed by atoms with Crippen LogP contribution in [0.4, 0.5) is 9.59 Å². The molecule has 2 saturated carbocycles. The van der Waals surface area contributed by atoms with Crippen LogP contribution >= 0.6 is 23.2 Å². The molecule has 0 radical (unpaired) electrons. The van der Waals surface area contributed by atoms with Crippen LogP contribution in [0.2, 0.25) is 0 Å². The molecule has 354 valence electrons. The average molecular weight is 949 g/mol. The van der Waals surface area contributed by atoms with E-state index in [1.165, 1.54) is 39.8 Å². The van der Waals surface area contributed by atoms with Crippen LogP contribution in [0.3, 0.4) is 0 Å². The minimum Gasteiger partial charge on any atom is -0.456 e. The first-order valence-electron chi connectivity index (χ1n) is 21.1. The van der Waals surface area contributed by atoms with Crippen LogP contribution in [-0.4, -0.2) is 123 Å². The Morgan fingerprint density at radius 1 is 0.954 bits per heavy atom. The van der Waals surface area contributed by atoms with E-state index in [-0.39, 0.29) is 29.7 Å². The molecule has 19 heteroatoms. The molecule has 17 nitrogen and oxygen atoms in total. The summed E-state index contributed by atoms with van der Waals surface area (Å²) in [7, 11) is 0. The number of amides is 1. The Kier molecular flexibility index (Phi) is 14.1. The van der Waals surface area contributed by atoms with Gasteiger partial charge in [0.1, 0.15) is 53.2 Å². The summed E-state index contributed by atoms with van der Waals surface area (Å²) in [6.45, 7) is 11.0. The van der Waals surface area contributed by atoms with E-state index >= 15 is 4.79 Å². The van der Waals surface area contributed by atoms with Crippen LogP contribution in [0, 0.1) is 16.7 Å². The van der Waals surface area contributed by atoms with Gasteiger partial charge in [0, 0.05) is 25.2 Å². The molecular weight excluding hydrogens is 893 g/mol. The lowest BCUT2D eigenvalue weighted by Gasteiger charge is -2.67. The molecule has 1 amide bonds. The fourth-order valence-electron chi connectivity index (χ4n) is 9.99. The molecule has 11 atom stereocenters. The molecule has 1 heterocycles. The normalized spacial score (nSPS) is 31.3. The molecule has 2 bridgehead atoms. The van der Waals surface area contributed by atoms with Crippen molar-refractivity contribution in [2.45, 2.75) is 133 Å². The third-order valence-corrected chi connectivity index (χ3v) is 13.4. The van der Waals surface area contributed by atoms with Gasteiger partial charge in [-0.05, 0) is 63.5 Å². The van der Waals surface area contributed by atoms with Crippen LogP contribution < -0.4 is 5.32 Å². The lowest BCUT2D eigenvalue weighted by molar-refractivity contribution is -0.346. The second kappa shape index (κ2) is 18.5. The third-order valence-electron chi connectivity index (χ3n) is 13.1. The van der Waals surface area contributed by atoms with E-state index in [1.54, 1.807) is 69.3 Å². The van der Waals surface area contributed by atoms with Gasteiger partial charge in [-0.15, -0.1) is 23.2 Å². The minimum absolute atomic E-state index is 0.0224. The number of alkyl carbamates (subject to hydrolysis) is 1. The third kappa shape index (κ3) is 9.32. The number of halogens is 2. The van der Waals surface area contributed by atoms with Crippen LogP contribution in [0.1, 0.15) is 90.2 Å². The monoisotopic (exact) mass is 947 g/mol. The lowest BCUT2D eigenvalue weighted by atomic mass is 9.44. The second-order valence-corrected chi connectivity index (χ2v) is 19.9. The zero-order valence-corrected chi connectivity index (χ0v) is 38.7. The van der Waals surface area contributed by atoms with E-state index in [9.17, 15) is 39.3 Å². The summed E-state index contributed by atoms with van der Waals surface area (Å²) >= 11 is 11.6. The first kappa shape index (κ1) is 49.6. The smallest absolute Gasteiger partial charge is 0.456 e. The number of hydrogen-bond donors (Lipinski definition) is 4. The number of ketones is 1. The van der Waals surface area contributed by atoms with Crippen LogP contribution in [0.5, 0.6) is 0 Å². The maximum Gasteiger partial charge on any atom is 0.508 e. The molecule has 0 unspecified atom stereocenters. The first-order chi connectivity index (χ1) is 30.3. The molecule has 0 spiro atoms. The number of carbonyl (C=O) groups is 6. The molecule has 65 heavy (non-hydrogen) atoms. The van der Waals surface area contributed by atoms with Gasteiger partial charge >= 0.3 is 30.2 Å². The van der Waals surface area contributed by atoms with Crippen molar-refractivity contribution >= 4 is 59.1 Å². The molecule has 2 aromatic rings. The Balaban J connectivity index is 1.52. The maximum absolute atomic E-state index is 15.5. The number of ether oxygens (including phenoxy) is 7. The quantitative estimate of drug-likeness (QED) is 0.0977. The van der Waals surface area contributed by atoms with Crippen molar-refractivity contribution in [2.24, 2.45) is 16.7 Å². The van der Waals surface area contributed by atoms with E-state index in [4.69, 9.17) is 56.4 Å². The van der Waals surface area contributed by atoms with Gasteiger partial charge in [-0.3, -0.25) is 9.59 Å². The van der Waals surface area contributed by atoms with Gasteiger partial charge in [-0.2, -0.15) is 0 Å². The number of alkyl halides is 2. The van der Waals surface area contributed by atoms with E-state index in [0.717, 1.165) is 6.92 Å². The Bertz CT molecular complexity index is 2200. The zero-order chi connectivity index (χ0) is 48.0. The molecule has 1 saturated heterocycles. The number of benzene rings is 2. The van der Waals surface area contributed by atoms with Gasteiger partial charge in [-0.25, -0.2) is 19.2 Å². The maximum atomic E-state index is 15.5. The molecule has 1 aliphatic heterocycles. The number of rotatable bonds is 11. The summed E-state index contributed by atoms with van der Waals surface area (Å²) in [5.74, 6) is -5.78. The zero-order valence-electron chi connectivity index (χ0n) is 37.2. The molecule has 6 rings (SSSR count). The predicted octanol–water partition coefficient (Wildman–Crippen LogP) is 5.22. The van der Waals surface area contributed by atoms with Crippen LogP contribution in [0.25, 0.3) is 0 Å². The fourth-order valence-corrected chi connectivity index (χ4v) is 10.1. The number of aliphatic hydroxyl groups is 3. The first-order valence-corrected chi connectivity index (χ1v) is 21.9. The highest BCUT2D eigenvalue weighted by atomic mass is 35.5. The van der Waals surface area contributed by atoms with Gasteiger partial charge in [0.25, 0.3) is 0 Å². The van der Waals surface area contributed by atoms with Gasteiger partial charge < -0.3 is 53.8 Å². The number of fused-ring (bicyclic) bond motifs is 5. The molecule has 3 fully saturated rings. The highest BCUT2D eigenvalue weighted by molar-refractivity contribution is 6.44. The number of carbonyl (C=O) groups excluding carboxylic acids is 6. The summed E-state index contributed by atoms with van der Waals surface area (Å²) in [4.78, 5) is 82.3. The summed E-state index contributed by atoms with van der Waals surface area (Å²) in [6, 6.07) is 14.3. The van der Waals surface area contributed by atoms with Gasteiger partial charge in [0.05, 0.1) is 29.5 Å². The van der Waals surface area contributed by atoms with Crippen molar-refractivity contribution in [3.8, 4) is 0 Å². The van der Waals surface area contributed by atoms with Crippen molar-refractivity contribution in [1.82, 2.24) is 5.32 Å². The number of esters is 3. The molecule has 0 aromatic heterocycles. The number of nitrogens with one attached hydrogen (secondary N) is 1. The molecule has 4 N–H and O–H groups in total. The van der Waals surface area contributed by atoms with Gasteiger partial charge in [0.2, 0.25) is 0 Å². The minimum atomic E-state index is -2.47. The second-order valence-electron chi connectivity index (χ2n) is 18.6. The van der Waals surface area contributed by atoms with E-state index in [0.29, 0.717) is 5.56 Å². The highest BCUT2D eigenvalue weighted by Crippen LogP contribution is 2.64. The molecule has 3 aliphatic carbocycles. The van der Waals surface area contributed by atoms with Crippen molar-refractivity contribution in [3.63, 3.8) is 0 Å². The highest BCUT2D eigenvalue weighted by Gasteiger charge is 2.79. The predicted molar refractivity (Wildman–Crippen MR) is 229 cm³/mol. The molecule has 4 aliphatic rings.